The summed E-state index contributed by atoms with van der Waals surface area (Å²) >= 11 is 0. The molecule has 82 valence electrons. The lowest BCUT2D eigenvalue weighted by Gasteiger charge is -2.20. The zero-order valence-corrected chi connectivity index (χ0v) is 9.79. The van der Waals surface area contributed by atoms with Crippen LogP contribution in [-0.4, -0.2) is 20.2 Å². The zero-order valence-electron chi connectivity index (χ0n) is 9.79. The fourth-order valence-corrected chi connectivity index (χ4v) is 1.69. The SMILES string of the molecule is CCc1cccc(N(C)C)c1OC1CC1. The first-order valence-corrected chi connectivity index (χ1v) is 5.68. The molecule has 2 rings (SSSR count). The highest BCUT2D eigenvalue weighted by Crippen LogP contribution is 2.36. The molecule has 0 amide bonds. The van der Waals surface area contributed by atoms with Gasteiger partial charge in [0.1, 0.15) is 5.75 Å². The number of ether oxygens (including phenoxy) is 1. The molecule has 2 nitrogen and oxygen atoms in total. The highest BCUT2D eigenvalue weighted by molar-refractivity contribution is 5.61. The van der Waals surface area contributed by atoms with Gasteiger partial charge in [0.05, 0.1) is 11.8 Å². The third-order valence-electron chi connectivity index (χ3n) is 2.75. The lowest BCUT2D eigenvalue weighted by molar-refractivity contribution is 0.301. The van der Waals surface area contributed by atoms with Crippen LogP contribution < -0.4 is 9.64 Å². The molecule has 0 radical (unpaired) electrons. The van der Waals surface area contributed by atoms with Crippen molar-refractivity contribution >= 4 is 5.69 Å². The van der Waals surface area contributed by atoms with Crippen LogP contribution in [-0.2, 0) is 6.42 Å². The minimum Gasteiger partial charge on any atom is -0.488 e. The first-order valence-electron chi connectivity index (χ1n) is 5.68. The molecule has 0 unspecified atom stereocenters. The smallest absolute Gasteiger partial charge is 0.146 e. The molecule has 15 heavy (non-hydrogen) atoms. The van der Waals surface area contributed by atoms with Gasteiger partial charge in [-0.05, 0) is 30.9 Å². The van der Waals surface area contributed by atoms with E-state index in [1.54, 1.807) is 0 Å². The number of para-hydroxylation sites is 1. The second-order valence-electron chi connectivity index (χ2n) is 4.33. The van der Waals surface area contributed by atoms with E-state index in [-0.39, 0.29) is 0 Å². The van der Waals surface area contributed by atoms with Crippen molar-refractivity contribution < 1.29 is 4.74 Å². The number of nitrogens with zero attached hydrogens (tertiary/aromatic N) is 1. The summed E-state index contributed by atoms with van der Waals surface area (Å²) in [6.07, 6.45) is 3.93. The number of aryl methyl sites for hydroxylation is 1. The quantitative estimate of drug-likeness (QED) is 0.749. The number of benzene rings is 1. The van der Waals surface area contributed by atoms with E-state index in [1.807, 2.05) is 0 Å². The van der Waals surface area contributed by atoms with Crippen LogP contribution in [0, 0.1) is 0 Å². The van der Waals surface area contributed by atoms with Crippen LogP contribution in [0.25, 0.3) is 0 Å². The summed E-state index contributed by atoms with van der Waals surface area (Å²) in [4.78, 5) is 2.12. The summed E-state index contributed by atoms with van der Waals surface area (Å²) in [5.74, 6) is 1.09. The summed E-state index contributed by atoms with van der Waals surface area (Å²) in [5, 5.41) is 0. The minimum absolute atomic E-state index is 0.469. The number of anilines is 1. The Bertz CT molecular complexity index is 342. The van der Waals surface area contributed by atoms with Crippen LogP contribution in [0.5, 0.6) is 5.75 Å². The van der Waals surface area contributed by atoms with Crippen molar-refractivity contribution in [1.82, 2.24) is 0 Å². The molecule has 1 saturated carbocycles. The fourth-order valence-electron chi connectivity index (χ4n) is 1.69. The largest absolute Gasteiger partial charge is 0.488 e. The molecule has 0 N–H and O–H groups in total. The van der Waals surface area contributed by atoms with E-state index in [9.17, 15) is 0 Å². The maximum atomic E-state index is 6.00. The van der Waals surface area contributed by atoms with Crippen molar-refractivity contribution in [3.8, 4) is 5.75 Å². The van der Waals surface area contributed by atoms with E-state index in [2.05, 4.69) is 44.1 Å². The third kappa shape index (κ3) is 2.25. The Morgan fingerprint density at radius 3 is 2.60 bits per heavy atom. The van der Waals surface area contributed by atoms with Gasteiger partial charge in [0.25, 0.3) is 0 Å². The predicted molar refractivity (Wildman–Crippen MR) is 63.8 cm³/mol. The average molecular weight is 205 g/mol. The Morgan fingerprint density at radius 2 is 2.07 bits per heavy atom. The Labute approximate surface area is 91.9 Å². The monoisotopic (exact) mass is 205 g/mol. The molecular formula is C13H19NO. The van der Waals surface area contributed by atoms with Crippen LogP contribution in [0.2, 0.25) is 0 Å². The van der Waals surface area contributed by atoms with Gasteiger partial charge in [-0.3, -0.25) is 0 Å². The van der Waals surface area contributed by atoms with Crippen molar-refractivity contribution in [1.29, 1.82) is 0 Å². The molecule has 1 aliphatic carbocycles. The maximum absolute atomic E-state index is 6.00. The van der Waals surface area contributed by atoms with Crippen molar-refractivity contribution in [2.75, 3.05) is 19.0 Å². The molecule has 0 spiro atoms. The first kappa shape index (κ1) is 10.3. The molecule has 0 saturated heterocycles. The second kappa shape index (κ2) is 4.13. The standard InChI is InChI=1S/C13H19NO/c1-4-10-6-5-7-12(14(2)3)13(10)15-11-8-9-11/h5-7,11H,4,8-9H2,1-3H3. The molecule has 0 aromatic heterocycles. The maximum Gasteiger partial charge on any atom is 0.146 e. The van der Waals surface area contributed by atoms with Gasteiger partial charge in [0, 0.05) is 14.1 Å². The topological polar surface area (TPSA) is 12.5 Å². The highest BCUT2D eigenvalue weighted by Gasteiger charge is 2.25. The van der Waals surface area contributed by atoms with E-state index >= 15 is 0 Å². The fraction of sp³-hybridized carbons (Fsp3) is 0.538. The van der Waals surface area contributed by atoms with Crippen molar-refractivity contribution in [3.63, 3.8) is 0 Å². The van der Waals surface area contributed by atoms with Gasteiger partial charge in [-0.2, -0.15) is 0 Å². The van der Waals surface area contributed by atoms with Crippen LogP contribution in [0.4, 0.5) is 5.69 Å². The number of hydrogen-bond acceptors (Lipinski definition) is 2. The Balaban J connectivity index is 2.34. The molecule has 2 heteroatoms. The Hall–Kier alpha value is -1.18. The first-order chi connectivity index (χ1) is 7.22. The van der Waals surface area contributed by atoms with E-state index in [0.29, 0.717) is 6.10 Å². The van der Waals surface area contributed by atoms with Crippen LogP contribution in [0.1, 0.15) is 25.3 Å². The highest BCUT2D eigenvalue weighted by atomic mass is 16.5. The Kier molecular flexibility index (Phi) is 2.85. The van der Waals surface area contributed by atoms with Crippen molar-refractivity contribution in [2.45, 2.75) is 32.3 Å². The van der Waals surface area contributed by atoms with Gasteiger partial charge >= 0.3 is 0 Å². The molecule has 0 aliphatic heterocycles. The molecule has 0 bridgehead atoms. The zero-order chi connectivity index (χ0) is 10.8. The van der Waals surface area contributed by atoms with Crippen molar-refractivity contribution in [2.24, 2.45) is 0 Å². The van der Waals surface area contributed by atoms with Gasteiger partial charge in [-0.25, -0.2) is 0 Å². The summed E-state index contributed by atoms with van der Waals surface area (Å²) in [7, 11) is 4.13. The molecule has 0 heterocycles. The lowest BCUT2D eigenvalue weighted by atomic mass is 10.1. The predicted octanol–water partition coefficient (Wildman–Crippen LogP) is 2.86. The van der Waals surface area contributed by atoms with Gasteiger partial charge in [-0.1, -0.05) is 19.1 Å². The summed E-state index contributed by atoms with van der Waals surface area (Å²) < 4.78 is 6.00. The normalized spacial score (nSPS) is 15.1. The molecule has 1 aliphatic rings. The van der Waals surface area contributed by atoms with Gasteiger partial charge < -0.3 is 9.64 Å². The van der Waals surface area contributed by atoms with Gasteiger partial charge in [0.15, 0.2) is 0 Å². The van der Waals surface area contributed by atoms with Gasteiger partial charge in [-0.15, -0.1) is 0 Å². The molecular weight excluding hydrogens is 186 g/mol. The summed E-state index contributed by atoms with van der Waals surface area (Å²) in [6, 6.07) is 6.38. The van der Waals surface area contributed by atoms with E-state index in [4.69, 9.17) is 4.74 Å². The average Bonchev–Trinajstić information content (AvgIpc) is 3.01. The summed E-state index contributed by atoms with van der Waals surface area (Å²) in [5.41, 5.74) is 2.51. The third-order valence-corrected chi connectivity index (χ3v) is 2.75. The van der Waals surface area contributed by atoms with Crippen LogP contribution in [0.3, 0.4) is 0 Å². The van der Waals surface area contributed by atoms with Gasteiger partial charge in [0.2, 0.25) is 0 Å². The minimum atomic E-state index is 0.469. The molecule has 1 aromatic carbocycles. The molecule has 0 atom stereocenters. The van der Waals surface area contributed by atoms with E-state index in [0.717, 1.165) is 12.2 Å². The van der Waals surface area contributed by atoms with Crippen LogP contribution in [0.15, 0.2) is 18.2 Å². The number of rotatable bonds is 4. The summed E-state index contributed by atoms with van der Waals surface area (Å²) in [6.45, 7) is 2.18. The van der Waals surface area contributed by atoms with Crippen molar-refractivity contribution in [3.05, 3.63) is 23.8 Å². The lowest BCUT2D eigenvalue weighted by Crippen LogP contribution is -2.12. The Morgan fingerprint density at radius 1 is 1.33 bits per heavy atom. The van der Waals surface area contributed by atoms with E-state index < -0.39 is 0 Å². The van der Waals surface area contributed by atoms with E-state index in [1.165, 1.54) is 24.1 Å². The molecule has 1 aromatic rings. The molecule has 1 fully saturated rings. The van der Waals surface area contributed by atoms with Crippen LogP contribution >= 0.6 is 0 Å². The second-order valence-corrected chi connectivity index (χ2v) is 4.33. The number of hydrogen-bond donors (Lipinski definition) is 0.